The van der Waals surface area contributed by atoms with E-state index in [1.54, 1.807) is 51.8 Å². The molecule has 0 bridgehead atoms. The first kappa shape index (κ1) is 37.8. The normalized spacial score (nSPS) is 23.0. The highest BCUT2D eigenvalue weighted by Crippen LogP contribution is 2.51. The van der Waals surface area contributed by atoms with Gasteiger partial charge in [-0.05, 0) is 83.4 Å². The number of carbonyl (C=O) groups excluding carboxylic acids is 1. The molecule has 0 saturated carbocycles. The molecular formula is C43H44BrN3O9. The molecular weight excluding hydrogens is 782 g/mol. The van der Waals surface area contributed by atoms with Crippen LogP contribution in [0.5, 0.6) is 28.7 Å². The highest BCUT2D eigenvalue weighted by atomic mass is 79.9. The van der Waals surface area contributed by atoms with E-state index in [1.807, 2.05) is 25.3 Å². The van der Waals surface area contributed by atoms with Crippen LogP contribution in [0.4, 0.5) is 0 Å². The van der Waals surface area contributed by atoms with E-state index in [9.17, 15) is 9.90 Å². The van der Waals surface area contributed by atoms with Crippen LogP contribution in [0.2, 0.25) is 0 Å². The first-order chi connectivity index (χ1) is 27.0. The number of esters is 1. The number of halogens is 1. The lowest BCUT2D eigenvalue weighted by Gasteiger charge is -2.53. The number of aryl methyl sites for hydroxylation is 1. The maximum Gasteiger partial charge on any atom is 0.339 e. The van der Waals surface area contributed by atoms with Gasteiger partial charge in [0, 0.05) is 95.5 Å². The molecule has 5 aromatic rings. The van der Waals surface area contributed by atoms with Crippen molar-refractivity contribution >= 4 is 44.5 Å². The van der Waals surface area contributed by atoms with E-state index in [0.29, 0.717) is 52.1 Å². The van der Waals surface area contributed by atoms with Crippen molar-refractivity contribution in [1.29, 1.82) is 0 Å². The van der Waals surface area contributed by atoms with Gasteiger partial charge in [0.2, 0.25) is 0 Å². The lowest BCUT2D eigenvalue weighted by atomic mass is 9.69. The molecule has 3 aromatic carbocycles. The maximum absolute atomic E-state index is 12.5. The third-order valence-electron chi connectivity index (χ3n) is 11.3. The predicted molar refractivity (Wildman–Crippen MR) is 214 cm³/mol. The zero-order valence-corrected chi connectivity index (χ0v) is 33.7. The molecule has 4 aliphatic rings. The van der Waals surface area contributed by atoms with Crippen LogP contribution in [0.1, 0.15) is 39.0 Å². The summed E-state index contributed by atoms with van der Waals surface area (Å²) in [5.74, 6) is 1.16. The standard InChI is InChI=1S/C24H26BrN3O3.C19H18O6/c1-27-13-17-8-21-24(30-3,19-5-4-6-20(27)22(17)19)9-15(12-28(21)2)14-31-23(29)16-7-18(25)11-26-10-16;1-21-12-5-4-11-6-14-13-8-17(22-2)18(23-3)9-16(13)24-10-19(14,20)25-15(11)7-12/h4-7,10-11,13,15,21H,8-9,12,14H2,1-3H3;4-9,20H,10H2,1-3H3. The Morgan fingerprint density at radius 1 is 1.00 bits per heavy atom. The van der Waals surface area contributed by atoms with Crippen molar-refractivity contribution in [3.8, 4) is 28.7 Å². The number of methoxy groups -OCH3 is 4. The van der Waals surface area contributed by atoms with Crippen LogP contribution in [0.15, 0.2) is 77.7 Å². The van der Waals surface area contributed by atoms with E-state index >= 15 is 0 Å². The van der Waals surface area contributed by atoms with E-state index in [0.717, 1.165) is 29.4 Å². The number of likely N-dealkylation sites (N-methyl/N-ethyl adjacent to an activating group) is 1. The molecule has 12 nitrogen and oxygen atoms in total. The molecule has 4 unspecified atom stereocenters. The summed E-state index contributed by atoms with van der Waals surface area (Å²) in [5, 5.41) is 12.3. The second-order valence-electron chi connectivity index (χ2n) is 14.6. The number of ether oxygens (including phenoxy) is 7. The van der Waals surface area contributed by atoms with Gasteiger partial charge in [0.25, 0.3) is 5.79 Å². The fourth-order valence-corrected chi connectivity index (χ4v) is 9.11. The van der Waals surface area contributed by atoms with Crippen molar-refractivity contribution in [2.24, 2.45) is 13.0 Å². The van der Waals surface area contributed by atoms with E-state index in [1.165, 1.54) is 28.2 Å². The van der Waals surface area contributed by atoms with Crippen LogP contribution in [0.25, 0.3) is 22.6 Å². The van der Waals surface area contributed by atoms with E-state index in [-0.39, 0.29) is 24.5 Å². The number of piperidine rings is 1. The molecule has 0 spiro atoms. The number of hydrogen-bond acceptors (Lipinski definition) is 11. The topological polar surface area (TPSA) is 123 Å². The van der Waals surface area contributed by atoms with Crippen molar-refractivity contribution in [2.75, 3.05) is 55.2 Å². The van der Waals surface area contributed by atoms with Gasteiger partial charge in [-0.3, -0.25) is 9.88 Å². The number of likely N-dealkylation sites (tertiary alicyclic amines) is 1. The molecule has 1 aliphatic carbocycles. The molecule has 5 heterocycles. The summed E-state index contributed by atoms with van der Waals surface area (Å²) >= 11 is 3.35. The molecule has 0 amide bonds. The maximum atomic E-state index is 12.5. The molecule has 3 aliphatic heterocycles. The number of pyridine rings is 1. The van der Waals surface area contributed by atoms with E-state index in [4.69, 9.17) is 33.2 Å². The predicted octanol–water partition coefficient (Wildman–Crippen LogP) is 6.64. The Bertz CT molecular complexity index is 2360. The Labute approximate surface area is 333 Å². The number of hydrogen-bond donors (Lipinski definition) is 1. The number of nitrogens with zero attached hydrogens (tertiary/aromatic N) is 3. The van der Waals surface area contributed by atoms with Crippen molar-refractivity contribution in [3.63, 3.8) is 0 Å². The minimum Gasteiger partial charge on any atom is -0.497 e. The Kier molecular flexibility index (Phi) is 9.98. The van der Waals surface area contributed by atoms with E-state index < -0.39 is 11.4 Å². The quantitative estimate of drug-likeness (QED) is 0.178. The Balaban J connectivity index is 0.000000161. The summed E-state index contributed by atoms with van der Waals surface area (Å²) < 4.78 is 42.5. The minimum atomic E-state index is -1.58. The second-order valence-corrected chi connectivity index (χ2v) is 15.5. The molecule has 292 valence electrons. The summed E-state index contributed by atoms with van der Waals surface area (Å²) in [7, 11) is 10.8. The number of aliphatic hydroxyl groups is 1. The summed E-state index contributed by atoms with van der Waals surface area (Å²) in [5.41, 5.74) is 6.07. The van der Waals surface area contributed by atoms with E-state index in [2.05, 4.69) is 68.9 Å². The fraction of sp³-hybridized carbons (Fsp3) is 0.349. The lowest BCUT2D eigenvalue weighted by molar-refractivity contribution is -0.131. The fourth-order valence-electron chi connectivity index (χ4n) is 8.74. The van der Waals surface area contributed by atoms with Crippen LogP contribution < -0.4 is 23.7 Å². The Morgan fingerprint density at radius 2 is 1.80 bits per heavy atom. The van der Waals surface area contributed by atoms with Crippen molar-refractivity contribution in [3.05, 3.63) is 105 Å². The molecule has 1 N–H and O–H groups in total. The number of fused-ring (bicyclic) bond motifs is 6. The van der Waals surface area contributed by atoms with Crippen LogP contribution in [0.3, 0.4) is 0 Å². The van der Waals surface area contributed by atoms with Crippen LogP contribution in [0, 0.1) is 5.92 Å². The zero-order chi connectivity index (χ0) is 39.4. The number of carbonyl (C=O) groups is 1. The molecule has 1 saturated heterocycles. The molecule has 0 radical (unpaired) electrons. The lowest BCUT2D eigenvalue weighted by Crippen LogP contribution is -2.59. The van der Waals surface area contributed by atoms with Gasteiger partial charge in [-0.1, -0.05) is 12.1 Å². The van der Waals surface area contributed by atoms with Gasteiger partial charge >= 0.3 is 5.97 Å². The van der Waals surface area contributed by atoms with Crippen molar-refractivity contribution < 1.29 is 43.1 Å². The first-order valence-corrected chi connectivity index (χ1v) is 19.1. The van der Waals surface area contributed by atoms with Crippen LogP contribution in [-0.2, 0) is 28.5 Å². The Morgan fingerprint density at radius 3 is 2.55 bits per heavy atom. The largest absolute Gasteiger partial charge is 0.497 e. The van der Waals surface area contributed by atoms with Gasteiger partial charge < -0.3 is 42.8 Å². The highest BCUT2D eigenvalue weighted by molar-refractivity contribution is 9.10. The Hall–Kier alpha value is -5.08. The average Bonchev–Trinajstić information content (AvgIpc) is 3.54. The minimum absolute atomic E-state index is 0.0298. The molecule has 4 atom stereocenters. The molecule has 2 aromatic heterocycles. The molecule has 56 heavy (non-hydrogen) atoms. The average molecular weight is 827 g/mol. The third-order valence-corrected chi connectivity index (χ3v) is 11.8. The van der Waals surface area contributed by atoms with Crippen LogP contribution in [-0.4, -0.2) is 92.6 Å². The summed E-state index contributed by atoms with van der Waals surface area (Å²) in [6.45, 7) is 1.18. The van der Waals surface area contributed by atoms with Gasteiger partial charge in [0.15, 0.2) is 18.1 Å². The molecule has 13 heteroatoms. The number of rotatable bonds is 7. The van der Waals surface area contributed by atoms with Gasteiger partial charge in [0.1, 0.15) is 22.8 Å². The second kappa shape index (κ2) is 14.8. The summed E-state index contributed by atoms with van der Waals surface area (Å²) in [6, 6.07) is 17.5. The summed E-state index contributed by atoms with van der Waals surface area (Å²) in [6.07, 6.45) is 9.10. The van der Waals surface area contributed by atoms with Gasteiger partial charge in [0.05, 0.1) is 33.5 Å². The SMILES string of the molecule is COC12CC(COC(=O)c3cncc(Br)c3)CN(C)C1Cc1cn(C)c3cccc2c13.COc1ccc2c(c1)OC1(O)COc3cc(OC)c(OC)cc3C1=C2. The van der Waals surface area contributed by atoms with Crippen LogP contribution >= 0.6 is 15.9 Å². The zero-order valence-electron chi connectivity index (χ0n) is 32.1. The number of aromatic nitrogens is 2. The third kappa shape index (κ3) is 6.46. The van der Waals surface area contributed by atoms with Gasteiger partial charge in [-0.15, -0.1) is 0 Å². The first-order valence-electron chi connectivity index (χ1n) is 18.3. The molecule has 9 rings (SSSR count). The summed E-state index contributed by atoms with van der Waals surface area (Å²) in [4.78, 5) is 19.0. The number of benzene rings is 3. The van der Waals surface area contributed by atoms with Crippen molar-refractivity contribution in [2.45, 2.75) is 30.3 Å². The monoisotopic (exact) mass is 825 g/mol. The van der Waals surface area contributed by atoms with Gasteiger partial charge in [-0.25, -0.2) is 4.79 Å². The molecule has 1 fully saturated rings. The highest BCUT2D eigenvalue weighted by Gasteiger charge is 2.52. The van der Waals surface area contributed by atoms with Gasteiger partial charge in [-0.2, -0.15) is 0 Å². The van der Waals surface area contributed by atoms with Crippen molar-refractivity contribution in [1.82, 2.24) is 14.5 Å². The smallest absolute Gasteiger partial charge is 0.339 e.